The molecule has 0 radical (unpaired) electrons. The van der Waals surface area contributed by atoms with Gasteiger partial charge in [0.2, 0.25) is 0 Å². The van der Waals surface area contributed by atoms with Crippen LogP contribution in [-0.2, 0) is 6.42 Å². The van der Waals surface area contributed by atoms with Crippen LogP contribution in [0.2, 0.25) is 0 Å². The number of fused-ring (bicyclic) bond motifs is 1. The SMILES string of the molecule is COc1cccc2scc(CC(C)N)c12. The first kappa shape index (κ1) is 10.5. The van der Waals surface area contributed by atoms with Crippen molar-refractivity contribution in [2.75, 3.05) is 7.11 Å². The van der Waals surface area contributed by atoms with Gasteiger partial charge in [0.15, 0.2) is 0 Å². The van der Waals surface area contributed by atoms with Crippen molar-refractivity contribution < 1.29 is 4.74 Å². The van der Waals surface area contributed by atoms with Crippen molar-refractivity contribution in [2.24, 2.45) is 5.73 Å². The van der Waals surface area contributed by atoms with E-state index in [1.165, 1.54) is 15.6 Å². The molecule has 1 aromatic carbocycles. The number of thiophene rings is 1. The maximum absolute atomic E-state index is 5.83. The molecular formula is C12H15NOS. The molecule has 1 atom stereocenters. The van der Waals surface area contributed by atoms with E-state index < -0.39 is 0 Å². The van der Waals surface area contributed by atoms with E-state index in [-0.39, 0.29) is 6.04 Å². The average Bonchev–Trinajstić information content (AvgIpc) is 2.61. The quantitative estimate of drug-likeness (QED) is 0.865. The third-order valence-electron chi connectivity index (χ3n) is 2.40. The molecule has 1 aromatic heterocycles. The van der Waals surface area contributed by atoms with E-state index in [0.29, 0.717) is 0 Å². The molecule has 2 nitrogen and oxygen atoms in total. The molecule has 0 aliphatic carbocycles. The van der Waals surface area contributed by atoms with Crippen molar-refractivity contribution in [2.45, 2.75) is 19.4 Å². The van der Waals surface area contributed by atoms with Gasteiger partial charge in [-0.25, -0.2) is 0 Å². The molecule has 15 heavy (non-hydrogen) atoms. The Hall–Kier alpha value is -1.06. The minimum Gasteiger partial charge on any atom is -0.496 e. The minimum absolute atomic E-state index is 0.188. The van der Waals surface area contributed by atoms with E-state index in [4.69, 9.17) is 10.5 Å². The molecule has 0 saturated carbocycles. The van der Waals surface area contributed by atoms with Crippen LogP contribution in [-0.4, -0.2) is 13.2 Å². The van der Waals surface area contributed by atoms with Gasteiger partial charge in [-0.15, -0.1) is 11.3 Å². The molecule has 80 valence electrons. The van der Waals surface area contributed by atoms with E-state index >= 15 is 0 Å². The highest BCUT2D eigenvalue weighted by molar-refractivity contribution is 7.17. The second kappa shape index (κ2) is 4.21. The van der Waals surface area contributed by atoms with Crippen LogP contribution in [0.15, 0.2) is 23.6 Å². The maximum Gasteiger partial charge on any atom is 0.127 e. The van der Waals surface area contributed by atoms with E-state index in [0.717, 1.165) is 12.2 Å². The molecule has 2 rings (SSSR count). The first-order valence-corrected chi connectivity index (χ1v) is 5.89. The van der Waals surface area contributed by atoms with Crippen LogP contribution >= 0.6 is 11.3 Å². The predicted octanol–water partition coefficient (Wildman–Crippen LogP) is 2.80. The Morgan fingerprint density at radius 2 is 2.27 bits per heavy atom. The highest BCUT2D eigenvalue weighted by Crippen LogP contribution is 2.34. The monoisotopic (exact) mass is 221 g/mol. The number of nitrogens with two attached hydrogens (primary N) is 1. The van der Waals surface area contributed by atoms with Crippen molar-refractivity contribution in [3.63, 3.8) is 0 Å². The van der Waals surface area contributed by atoms with Gasteiger partial charge in [-0.1, -0.05) is 6.07 Å². The Morgan fingerprint density at radius 1 is 1.47 bits per heavy atom. The molecule has 0 fully saturated rings. The molecule has 2 aromatic rings. The van der Waals surface area contributed by atoms with Gasteiger partial charge >= 0.3 is 0 Å². The highest BCUT2D eigenvalue weighted by Gasteiger charge is 2.10. The van der Waals surface area contributed by atoms with Gasteiger partial charge in [0.25, 0.3) is 0 Å². The molecule has 2 N–H and O–H groups in total. The van der Waals surface area contributed by atoms with E-state index in [1.807, 2.05) is 19.1 Å². The number of ether oxygens (including phenoxy) is 1. The van der Waals surface area contributed by atoms with Crippen molar-refractivity contribution in [3.05, 3.63) is 29.1 Å². The Bertz CT molecular complexity index is 462. The van der Waals surface area contributed by atoms with Crippen LogP contribution in [0.1, 0.15) is 12.5 Å². The number of methoxy groups -OCH3 is 1. The topological polar surface area (TPSA) is 35.2 Å². The summed E-state index contributed by atoms with van der Waals surface area (Å²) in [5, 5.41) is 3.40. The summed E-state index contributed by atoms with van der Waals surface area (Å²) in [7, 11) is 1.71. The first-order chi connectivity index (χ1) is 7.22. The maximum atomic E-state index is 5.83. The van der Waals surface area contributed by atoms with Gasteiger partial charge in [0.1, 0.15) is 5.75 Å². The molecule has 0 aliphatic heterocycles. The average molecular weight is 221 g/mol. The van der Waals surface area contributed by atoms with Crippen LogP contribution < -0.4 is 10.5 Å². The van der Waals surface area contributed by atoms with Crippen LogP contribution in [0.25, 0.3) is 10.1 Å². The summed E-state index contributed by atoms with van der Waals surface area (Å²) in [5.74, 6) is 0.949. The van der Waals surface area contributed by atoms with E-state index in [9.17, 15) is 0 Å². The van der Waals surface area contributed by atoms with Gasteiger partial charge in [0.05, 0.1) is 7.11 Å². The summed E-state index contributed by atoms with van der Waals surface area (Å²) in [6.45, 7) is 2.03. The fourth-order valence-electron chi connectivity index (χ4n) is 1.79. The lowest BCUT2D eigenvalue weighted by atomic mass is 10.1. The van der Waals surface area contributed by atoms with Gasteiger partial charge < -0.3 is 10.5 Å². The minimum atomic E-state index is 0.188. The summed E-state index contributed by atoms with van der Waals surface area (Å²) in [6, 6.07) is 6.33. The Kier molecular flexibility index (Phi) is 2.93. The summed E-state index contributed by atoms with van der Waals surface area (Å²) < 4.78 is 6.64. The Labute approximate surface area is 93.7 Å². The predicted molar refractivity (Wildman–Crippen MR) is 65.7 cm³/mol. The zero-order valence-electron chi connectivity index (χ0n) is 8.99. The van der Waals surface area contributed by atoms with Gasteiger partial charge in [-0.3, -0.25) is 0 Å². The highest BCUT2D eigenvalue weighted by atomic mass is 32.1. The second-order valence-electron chi connectivity index (χ2n) is 3.78. The molecular weight excluding hydrogens is 206 g/mol. The van der Waals surface area contributed by atoms with Crippen LogP contribution in [0.4, 0.5) is 0 Å². The zero-order valence-corrected chi connectivity index (χ0v) is 9.80. The fraction of sp³-hybridized carbons (Fsp3) is 0.333. The van der Waals surface area contributed by atoms with Crippen LogP contribution in [0, 0.1) is 0 Å². The van der Waals surface area contributed by atoms with E-state index in [1.54, 1.807) is 18.4 Å². The molecule has 1 unspecified atom stereocenters. The number of hydrogen-bond donors (Lipinski definition) is 1. The summed E-state index contributed by atoms with van der Waals surface area (Å²) in [4.78, 5) is 0. The summed E-state index contributed by atoms with van der Waals surface area (Å²) in [5.41, 5.74) is 7.12. The smallest absolute Gasteiger partial charge is 0.127 e. The molecule has 1 heterocycles. The standard InChI is InChI=1S/C12H15NOS/c1-8(13)6-9-7-15-11-5-3-4-10(14-2)12(9)11/h3-5,7-8H,6,13H2,1-2H3. The molecule has 0 amide bonds. The summed E-state index contributed by atoms with van der Waals surface area (Å²) >= 11 is 1.75. The first-order valence-electron chi connectivity index (χ1n) is 5.01. The third kappa shape index (κ3) is 1.98. The number of rotatable bonds is 3. The van der Waals surface area contributed by atoms with Crippen molar-refractivity contribution >= 4 is 21.4 Å². The second-order valence-corrected chi connectivity index (χ2v) is 4.69. The molecule has 0 aliphatic rings. The Balaban J connectivity index is 2.55. The van der Waals surface area contributed by atoms with Crippen molar-refractivity contribution in [1.82, 2.24) is 0 Å². The molecule has 0 spiro atoms. The van der Waals surface area contributed by atoms with Crippen molar-refractivity contribution in [3.8, 4) is 5.75 Å². The number of benzene rings is 1. The molecule has 0 saturated heterocycles. The normalized spacial score (nSPS) is 13.0. The molecule has 3 heteroatoms. The lowest BCUT2D eigenvalue weighted by Crippen LogP contribution is -2.17. The van der Waals surface area contributed by atoms with Gasteiger partial charge in [-0.05, 0) is 36.4 Å². The lowest BCUT2D eigenvalue weighted by Gasteiger charge is -2.06. The fourth-order valence-corrected chi connectivity index (χ4v) is 2.78. The van der Waals surface area contributed by atoms with Crippen LogP contribution in [0.3, 0.4) is 0 Å². The van der Waals surface area contributed by atoms with Crippen molar-refractivity contribution in [1.29, 1.82) is 0 Å². The van der Waals surface area contributed by atoms with Gasteiger partial charge in [-0.2, -0.15) is 0 Å². The molecule has 0 bridgehead atoms. The largest absolute Gasteiger partial charge is 0.496 e. The van der Waals surface area contributed by atoms with Crippen LogP contribution in [0.5, 0.6) is 5.75 Å². The third-order valence-corrected chi connectivity index (χ3v) is 3.40. The zero-order chi connectivity index (χ0) is 10.8. The van der Waals surface area contributed by atoms with E-state index in [2.05, 4.69) is 11.4 Å². The lowest BCUT2D eigenvalue weighted by molar-refractivity contribution is 0.419. The Morgan fingerprint density at radius 3 is 2.93 bits per heavy atom. The van der Waals surface area contributed by atoms with Gasteiger partial charge in [0, 0.05) is 16.1 Å². The number of hydrogen-bond acceptors (Lipinski definition) is 3. The summed E-state index contributed by atoms with van der Waals surface area (Å²) in [6.07, 6.45) is 0.903.